The smallest absolute Gasteiger partial charge is 0.308 e. The van der Waals surface area contributed by atoms with E-state index in [0.717, 1.165) is 12.0 Å². The van der Waals surface area contributed by atoms with Gasteiger partial charge in [-0.3, -0.25) is 9.59 Å². The summed E-state index contributed by atoms with van der Waals surface area (Å²) in [5.41, 5.74) is 2.20. The Balaban J connectivity index is 2.55. The number of carboxylic acids is 1. The third-order valence-corrected chi connectivity index (χ3v) is 3.18. The van der Waals surface area contributed by atoms with Crippen LogP contribution in [0.2, 0.25) is 0 Å². The summed E-state index contributed by atoms with van der Waals surface area (Å²) in [5, 5.41) is 8.82. The fourth-order valence-electron chi connectivity index (χ4n) is 1.79. The first-order chi connectivity index (χ1) is 8.93. The Morgan fingerprint density at radius 3 is 2.21 bits per heavy atom. The van der Waals surface area contributed by atoms with Crippen LogP contribution in [-0.4, -0.2) is 35.5 Å². The lowest BCUT2D eigenvalue weighted by atomic mass is 10.1. The molecule has 19 heavy (non-hydrogen) atoms. The third kappa shape index (κ3) is 4.73. The molecule has 0 spiro atoms. The molecular weight excluding hydrogens is 242 g/mol. The van der Waals surface area contributed by atoms with Crippen LogP contribution in [0.4, 0.5) is 0 Å². The number of carbonyl (C=O) groups is 2. The van der Waals surface area contributed by atoms with Crippen LogP contribution in [0.25, 0.3) is 0 Å². The highest BCUT2D eigenvalue weighted by Gasteiger charge is 2.17. The molecule has 4 heteroatoms. The van der Waals surface area contributed by atoms with Crippen molar-refractivity contribution in [2.75, 3.05) is 13.6 Å². The molecule has 0 saturated heterocycles. The van der Waals surface area contributed by atoms with E-state index in [1.54, 1.807) is 14.0 Å². The van der Waals surface area contributed by atoms with E-state index in [0.29, 0.717) is 6.42 Å². The van der Waals surface area contributed by atoms with E-state index >= 15 is 0 Å². The molecule has 0 heterocycles. The van der Waals surface area contributed by atoms with Gasteiger partial charge in [0.25, 0.3) is 0 Å². The Morgan fingerprint density at radius 1 is 1.21 bits per heavy atom. The molecule has 0 fully saturated rings. The molecule has 1 N–H and O–H groups in total. The van der Waals surface area contributed by atoms with E-state index < -0.39 is 11.9 Å². The van der Waals surface area contributed by atoms with Gasteiger partial charge in [-0.1, -0.05) is 38.1 Å². The monoisotopic (exact) mass is 263 g/mol. The fraction of sp³-hybridized carbons (Fsp3) is 0.467. The number of rotatable bonds is 6. The largest absolute Gasteiger partial charge is 0.481 e. The highest BCUT2D eigenvalue weighted by molar-refractivity contribution is 5.79. The molecule has 1 amide bonds. The first-order valence-electron chi connectivity index (χ1n) is 6.48. The number of hydrogen-bond donors (Lipinski definition) is 1. The van der Waals surface area contributed by atoms with Crippen molar-refractivity contribution in [2.45, 2.75) is 26.7 Å². The Bertz CT molecular complexity index is 439. The number of carboxylic acid groups (broad SMARTS) is 1. The quantitative estimate of drug-likeness (QED) is 0.853. The maximum absolute atomic E-state index is 12.0. The lowest BCUT2D eigenvalue weighted by Gasteiger charge is -2.19. The predicted octanol–water partition coefficient (Wildman–Crippen LogP) is 1.97. The van der Waals surface area contributed by atoms with E-state index in [-0.39, 0.29) is 12.5 Å². The number of aryl methyl sites for hydroxylation is 1. The number of likely N-dealkylation sites (N-methyl/N-ethyl adjacent to an activating group) is 1. The van der Waals surface area contributed by atoms with Gasteiger partial charge in [0.15, 0.2) is 0 Å². The molecule has 1 rings (SSSR count). The summed E-state index contributed by atoms with van der Waals surface area (Å²) >= 11 is 0. The molecule has 0 aliphatic heterocycles. The van der Waals surface area contributed by atoms with Gasteiger partial charge in [-0.2, -0.15) is 0 Å². The van der Waals surface area contributed by atoms with Crippen molar-refractivity contribution < 1.29 is 14.7 Å². The topological polar surface area (TPSA) is 57.6 Å². The van der Waals surface area contributed by atoms with Crippen LogP contribution < -0.4 is 0 Å². The van der Waals surface area contributed by atoms with Crippen molar-refractivity contribution in [2.24, 2.45) is 5.92 Å². The van der Waals surface area contributed by atoms with Gasteiger partial charge in [0.1, 0.15) is 0 Å². The van der Waals surface area contributed by atoms with Gasteiger partial charge < -0.3 is 10.0 Å². The van der Waals surface area contributed by atoms with Crippen molar-refractivity contribution in [1.29, 1.82) is 0 Å². The highest BCUT2D eigenvalue weighted by Crippen LogP contribution is 2.08. The summed E-state index contributed by atoms with van der Waals surface area (Å²) in [6.07, 6.45) is 1.29. The number of amides is 1. The summed E-state index contributed by atoms with van der Waals surface area (Å²) in [4.78, 5) is 24.2. The molecule has 4 nitrogen and oxygen atoms in total. The van der Waals surface area contributed by atoms with E-state index in [4.69, 9.17) is 5.11 Å². The average molecular weight is 263 g/mol. The fourth-order valence-corrected chi connectivity index (χ4v) is 1.79. The second kappa shape index (κ2) is 6.92. The standard InChI is InChI=1S/C15H21NO3/c1-4-12-5-7-13(8-6-12)9-14(17)16(3)10-11(2)15(18)19/h5-8,11H,4,9-10H2,1-3H3,(H,18,19). The normalized spacial score (nSPS) is 11.9. The molecule has 1 aromatic carbocycles. The zero-order chi connectivity index (χ0) is 14.4. The Morgan fingerprint density at radius 2 is 1.74 bits per heavy atom. The molecule has 1 atom stereocenters. The molecule has 0 radical (unpaired) electrons. The van der Waals surface area contributed by atoms with Crippen molar-refractivity contribution in [1.82, 2.24) is 4.90 Å². The van der Waals surface area contributed by atoms with Gasteiger partial charge >= 0.3 is 5.97 Å². The minimum Gasteiger partial charge on any atom is -0.481 e. The summed E-state index contributed by atoms with van der Waals surface area (Å²) < 4.78 is 0. The van der Waals surface area contributed by atoms with Crippen LogP contribution >= 0.6 is 0 Å². The van der Waals surface area contributed by atoms with Crippen LogP contribution in [0.1, 0.15) is 25.0 Å². The molecular formula is C15H21NO3. The summed E-state index contributed by atoms with van der Waals surface area (Å²) in [6, 6.07) is 7.93. The average Bonchev–Trinajstić information content (AvgIpc) is 2.39. The maximum atomic E-state index is 12.0. The molecule has 0 saturated carbocycles. The zero-order valence-corrected chi connectivity index (χ0v) is 11.7. The second-order valence-electron chi connectivity index (χ2n) is 4.86. The maximum Gasteiger partial charge on any atom is 0.308 e. The molecule has 0 aliphatic rings. The van der Waals surface area contributed by atoms with E-state index in [1.807, 2.05) is 24.3 Å². The van der Waals surface area contributed by atoms with Crippen molar-refractivity contribution in [3.63, 3.8) is 0 Å². The molecule has 1 aromatic rings. The van der Waals surface area contributed by atoms with Crippen molar-refractivity contribution in [3.05, 3.63) is 35.4 Å². The zero-order valence-electron chi connectivity index (χ0n) is 11.7. The first-order valence-corrected chi connectivity index (χ1v) is 6.48. The van der Waals surface area contributed by atoms with Gasteiger partial charge in [-0.15, -0.1) is 0 Å². The number of nitrogens with zero attached hydrogens (tertiary/aromatic N) is 1. The van der Waals surface area contributed by atoms with Crippen LogP contribution in [0, 0.1) is 5.92 Å². The Labute approximate surface area is 114 Å². The lowest BCUT2D eigenvalue weighted by molar-refractivity contribution is -0.142. The van der Waals surface area contributed by atoms with Crippen LogP contribution in [0.15, 0.2) is 24.3 Å². The summed E-state index contributed by atoms with van der Waals surface area (Å²) in [7, 11) is 1.64. The van der Waals surface area contributed by atoms with Crippen LogP contribution in [0.3, 0.4) is 0 Å². The highest BCUT2D eigenvalue weighted by atomic mass is 16.4. The molecule has 0 aliphatic carbocycles. The minimum atomic E-state index is -0.882. The molecule has 0 bridgehead atoms. The Kier molecular flexibility index (Phi) is 5.55. The number of hydrogen-bond acceptors (Lipinski definition) is 2. The number of benzene rings is 1. The SMILES string of the molecule is CCc1ccc(CC(=O)N(C)CC(C)C(=O)O)cc1. The molecule has 0 aromatic heterocycles. The first kappa shape index (κ1) is 15.2. The predicted molar refractivity (Wildman–Crippen MR) is 74.0 cm³/mol. The molecule has 104 valence electrons. The van der Waals surface area contributed by atoms with Gasteiger partial charge in [-0.05, 0) is 17.5 Å². The number of aliphatic carboxylic acids is 1. The minimum absolute atomic E-state index is 0.0580. The summed E-state index contributed by atoms with van der Waals surface area (Å²) in [5.74, 6) is -1.49. The third-order valence-electron chi connectivity index (χ3n) is 3.18. The van der Waals surface area contributed by atoms with Gasteiger partial charge in [0.2, 0.25) is 5.91 Å². The van der Waals surface area contributed by atoms with Gasteiger partial charge in [0.05, 0.1) is 12.3 Å². The van der Waals surface area contributed by atoms with E-state index in [2.05, 4.69) is 6.92 Å². The van der Waals surface area contributed by atoms with E-state index in [9.17, 15) is 9.59 Å². The van der Waals surface area contributed by atoms with Crippen molar-refractivity contribution >= 4 is 11.9 Å². The Hall–Kier alpha value is -1.84. The van der Waals surface area contributed by atoms with E-state index in [1.165, 1.54) is 10.5 Å². The molecule has 1 unspecified atom stereocenters. The van der Waals surface area contributed by atoms with Crippen molar-refractivity contribution in [3.8, 4) is 0 Å². The lowest BCUT2D eigenvalue weighted by Crippen LogP contribution is -2.34. The second-order valence-corrected chi connectivity index (χ2v) is 4.86. The van der Waals surface area contributed by atoms with Gasteiger partial charge in [0, 0.05) is 13.6 Å². The number of carbonyl (C=O) groups excluding carboxylic acids is 1. The van der Waals surface area contributed by atoms with Gasteiger partial charge in [-0.25, -0.2) is 0 Å². The summed E-state index contributed by atoms with van der Waals surface area (Å²) in [6.45, 7) is 3.92. The van der Waals surface area contributed by atoms with Crippen LogP contribution in [-0.2, 0) is 22.4 Å². The van der Waals surface area contributed by atoms with Crippen LogP contribution in [0.5, 0.6) is 0 Å².